The van der Waals surface area contributed by atoms with Crippen LogP contribution in [0.4, 0.5) is 10.1 Å². The van der Waals surface area contributed by atoms with Crippen molar-refractivity contribution < 1.29 is 9.50 Å². The van der Waals surface area contributed by atoms with Crippen molar-refractivity contribution >= 4 is 5.69 Å². The van der Waals surface area contributed by atoms with Crippen molar-refractivity contribution in [3.8, 4) is 0 Å². The molecule has 1 saturated carbocycles. The zero-order chi connectivity index (χ0) is 13.7. The smallest absolute Gasteiger partial charge is 0.146 e. The minimum atomic E-state index is -0.171. The summed E-state index contributed by atoms with van der Waals surface area (Å²) >= 11 is 0. The Morgan fingerprint density at radius 1 is 1.42 bits per heavy atom. The number of halogens is 1. The second-order valence-electron chi connectivity index (χ2n) is 5.06. The Hall–Kier alpha value is -1.13. The SMILES string of the molecule is CCN(CCCO)c1c(F)cccc1CNC1CC1. The van der Waals surface area contributed by atoms with Gasteiger partial charge in [-0.05, 0) is 37.8 Å². The first kappa shape index (κ1) is 14.3. The molecule has 3 nitrogen and oxygen atoms in total. The Bertz CT molecular complexity index is 407. The van der Waals surface area contributed by atoms with E-state index >= 15 is 0 Å². The van der Waals surface area contributed by atoms with Crippen LogP contribution in [0.2, 0.25) is 0 Å². The molecule has 0 atom stereocenters. The normalized spacial score (nSPS) is 14.7. The summed E-state index contributed by atoms with van der Waals surface area (Å²) < 4.78 is 14.1. The van der Waals surface area contributed by atoms with Crippen LogP contribution in [0.1, 0.15) is 31.7 Å². The highest BCUT2D eigenvalue weighted by Crippen LogP contribution is 2.26. The summed E-state index contributed by atoms with van der Waals surface area (Å²) in [6.07, 6.45) is 3.12. The van der Waals surface area contributed by atoms with Crippen LogP contribution in [-0.2, 0) is 6.54 Å². The van der Waals surface area contributed by atoms with Gasteiger partial charge in [0.15, 0.2) is 0 Å². The molecule has 0 saturated heterocycles. The maximum Gasteiger partial charge on any atom is 0.146 e. The molecule has 0 spiro atoms. The van der Waals surface area contributed by atoms with E-state index in [1.165, 1.54) is 18.9 Å². The van der Waals surface area contributed by atoms with Gasteiger partial charge in [-0.15, -0.1) is 0 Å². The van der Waals surface area contributed by atoms with Crippen molar-refractivity contribution in [1.82, 2.24) is 5.32 Å². The lowest BCUT2D eigenvalue weighted by Gasteiger charge is -2.26. The van der Waals surface area contributed by atoms with Crippen molar-refractivity contribution in [3.05, 3.63) is 29.6 Å². The molecule has 0 aliphatic heterocycles. The number of benzene rings is 1. The van der Waals surface area contributed by atoms with Gasteiger partial charge >= 0.3 is 0 Å². The summed E-state index contributed by atoms with van der Waals surface area (Å²) in [6, 6.07) is 5.87. The Labute approximate surface area is 114 Å². The number of aliphatic hydroxyl groups excluding tert-OH is 1. The Balaban J connectivity index is 2.13. The van der Waals surface area contributed by atoms with Gasteiger partial charge in [-0.2, -0.15) is 0 Å². The molecular formula is C15H23FN2O. The first-order chi connectivity index (χ1) is 9.26. The Morgan fingerprint density at radius 3 is 2.84 bits per heavy atom. The third-order valence-corrected chi connectivity index (χ3v) is 3.51. The molecular weight excluding hydrogens is 243 g/mol. The number of hydrogen-bond donors (Lipinski definition) is 2. The molecule has 4 heteroatoms. The fourth-order valence-corrected chi connectivity index (χ4v) is 2.29. The van der Waals surface area contributed by atoms with Crippen LogP contribution in [-0.4, -0.2) is 30.8 Å². The van der Waals surface area contributed by atoms with Crippen LogP contribution in [0.5, 0.6) is 0 Å². The second kappa shape index (κ2) is 6.87. The van der Waals surface area contributed by atoms with E-state index in [-0.39, 0.29) is 12.4 Å². The standard InChI is InChI=1S/C15H23FN2O/c1-2-18(9-4-10-19)15-12(5-3-6-14(15)16)11-17-13-7-8-13/h3,5-6,13,17,19H,2,4,7-11H2,1H3. The number of anilines is 1. The van der Waals surface area contributed by atoms with Crippen molar-refractivity contribution in [1.29, 1.82) is 0 Å². The van der Waals surface area contributed by atoms with Gasteiger partial charge in [0.25, 0.3) is 0 Å². The number of para-hydroxylation sites is 1. The Kier molecular flexibility index (Phi) is 5.16. The molecule has 0 heterocycles. The van der Waals surface area contributed by atoms with Gasteiger partial charge in [-0.3, -0.25) is 0 Å². The predicted molar refractivity (Wildman–Crippen MR) is 75.9 cm³/mol. The van der Waals surface area contributed by atoms with Crippen LogP contribution < -0.4 is 10.2 Å². The first-order valence-electron chi connectivity index (χ1n) is 7.12. The van der Waals surface area contributed by atoms with Crippen LogP contribution in [0.15, 0.2) is 18.2 Å². The average Bonchev–Trinajstić information content (AvgIpc) is 3.23. The van der Waals surface area contributed by atoms with Crippen LogP contribution in [0.3, 0.4) is 0 Å². The molecule has 0 radical (unpaired) electrons. The lowest BCUT2D eigenvalue weighted by atomic mass is 10.1. The van der Waals surface area contributed by atoms with E-state index in [4.69, 9.17) is 5.11 Å². The van der Waals surface area contributed by atoms with Crippen LogP contribution >= 0.6 is 0 Å². The lowest BCUT2D eigenvalue weighted by molar-refractivity contribution is 0.289. The minimum absolute atomic E-state index is 0.139. The molecule has 106 valence electrons. The number of rotatable bonds is 8. The largest absolute Gasteiger partial charge is 0.396 e. The van der Waals surface area contributed by atoms with E-state index in [0.29, 0.717) is 31.2 Å². The van der Waals surface area contributed by atoms with E-state index in [1.807, 2.05) is 17.9 Å². The molecule has 0 aromatic heterocycles. The molecule has 0 bridgehead atoms. The molecule has 1 fully saturated rings. The molecule has 0 unspecified atom stereocenters. The molecule has 19 heavy (non-hydrogen) atoms. The van der Waals surface area contributed by atoms with E-state index in [0.717, 1.165) is 12.1 Å². The van der Waals surface area contributed by atoms with Crippen molar-refractivity contribution in [2.24, 2.45) is 0 Å². The summed E-state index contributed by atoms with van der Waals surface area (Å²) in [5.41, 5.74) is 1.69. The third-order valence-electron chi connectivity index (χ3n) is 3.51. The maximum absolute atomic E-state index is 14.1. The zero-order valence-corrected chi connectivity index (χ0v) is 11.5. The molecule has 1 aromatic rings. The van der Waals surface area contributed by atoms with Gasteiger partial charge < -0.3 is 15.3 Å². The van der Waals surface area contributed by atoms with Gasteiger partial charge in [-0.25, -0.2) is 4.39 Å². The summed E-state index contributed by atoms with van der Waals surface area (Å²) in [5.74, 6) is -0.171. The predicted octanol–water partition coefficient (Wildman–Crippen LogP) is 2.29. The number of hydrogen-bond acceptors (Lipinski definition) is 3. The molecule has 1 aliphatic carbocycles. The topological polar surface area (TPSA) is 35.5 Å². The van der Waals surface area contributed by atoms with Crippen molar-refractivity contribution in [2.75, 3.05) is 24.6 Å². The van der Waals surface area contributed by atoms with Gasteiger partial charge in [0.1, 0.15) is 5.82 Å². The maximum atomic E-state index is 14.1. The fraction of sp³-hybridized carbons (Fsp3) is 0.600. The van der Waals surface area contributed by atoms with E-state index in [1.54, 1.807) is 6.07 Å². The van der Waals surface area contributed by atoms with Gasteiger partial charge in [0.2, 0.25) is 0 Å². The molecule has 1 aliphatic rings. The average molecular weight is 266 g/mol. The highest BCUT2D eigenvalue weighted by Gasteiger charge is 2.21. The van der Waals surface area contributed by atoms with Gasteiger partial charge in [0.05, 0.1) is 5.69 Å². The van der Waals surface area contributed by atoms with Crippen LogP contribution in [0, 0.1) is 5.82 Å². The van der Waals surface area contributed by atoms with Gasteiger partial charge in [0, 0.05) is 32.3 Å². The third kappa shape index (κ3) is 3.91. The van der Waals surface area contributed by atoms with Gasteiger partial charge in [-0.1, -0.05) is 12.1 Å². The first-order valence-corrected chi connectivity index (χ1v) is 7.12. The van der Waals surface area contributed by atoms with Crippen molar-refractivity contribution in [2.45, 2.75) is 38.8 Å². The Morgan fingerprint density at radius 2 is 2.21 bits per heavy atom. The van der Waals surface area contributed by atoms with E-state index in [9.17, 15) is 4.39 Å². The summed E-state index contributed by atoms with van der Waals surface area (Å²) in [4.78, 5) is 2.01. The number of aliphatic hydroxyl groups is 1. The molecule has 0 amide bonds. The number of nitrogens with one attached hydrogen (secondary N) is 1. The second-order valence-corrected chi connectivity index (χ2v) is 5.06. The molecule has 1 aromatic carbocycles. The summed E-state index contributed by atoms with van der Waals surface area (Å²) in [6.45, 7) is 4.30. The molecule has 2 N–H and O–H groups in total. The summed E-state index contributed by atoms with van der Waals surface area (Å²) in [5, 5.41) is 12.4. The van der Waals surface area contributed by atoms with E-state index in [2.05, 4.69) is 5.32 Å². The quantitative estimate of drug-likeness (QED) is 0.758. The fourth-order valence-electron chi connectivity index (χ4n) is 2.29. The van der Waals surface area contributed by atoms with Crippen LogP contribution in [0.25, 0.3) is 0 Å². The monoisotopic (exact) mass is 266 g/mol. The highest BCUT2D eigenvalue weighted by atomic mass is 19.1. The highest BCUT2D eigenvalue weighted by molar-refractivity contribution is 5.55. The van der Waals surface area contributed by atoms with E-state index < -0.39 is 0 Å². The number of nitrogens with zero attached hydrogens (tertiary/aromatic N) is 1. The zero-order valence-electron chi connectivity index (χ0n) is 11.5. The lowest BCUT2D eigenvalue weighted by Crippen LogP contribution is -2.28. The van der Waals surface area contributed by atoms with Crippen molar-refractivity contribution in [3.63, 3.8) is 0 Å². The minimum Gasteiger partial charge on any atom is -0.396 e. The summed E-state index contributed by atoms with van der Waals surface area (Å²) in [7, 11) is 0. The molecule has 2 rings (SSSR count).